The smallest absolute Gasteiger partial charge is 0.337 e. The lowest BCUT2D eigenvalue weighted by Crippen LogP contribution is -2.61. The van der Waals surface area contributed by atoms with Gasteiger partial charge in [-0.2, -0.15) is 0 Å². The predicted molar refractivity (Wildman–Crippen MR) is 109 cm³/mol. The number of hydrogen-bond donors (Lipinski definition) is 0. The molecule has 0 amide bonds. The molecular weight excluding hydrogens is 399 g/mol. The normalized spacial score (nSPS) is 30.7. The molecule has 0 unspecified atom stereocenters. The summed E-state index contributed by atoms with van der Waals surface area (Å²) in [5, 5.41) is 0. The predicted octanol–water partition coefficient (Wildman–Crippen LogP) is 4.17. The van der Waals surface area contributed by atoms with Gasteiger partial charge in [-0.25, -0.2) is 0 Å². The zero-order chi connectivity index (χ0) is 21.2. The fourth-order valence-corrected chi connectivity index (χ4v) is 7.61. The SMILES string of the molecule is CCOC(=O)[C@@]12CCCC[C@]1(O[Si](C)(C)C)[C@@H](C(=O)CP(=O)(OC)OC)CC2. The van der Waals surface area contributed by atoms with Crippen molar-refractivity contribution in [3.63, 3.8) is 0 Å². The molecule has 2 aliphatic rings. The zero-order valence-electron chi connectivity index (χ0n) is 18.0. The van der Waals surface area contributed by atoms with Crippen molar-refractivity contribution in [2.24, 2.45) is 11.3 Å². The lowest BCUT2D eigenvalue weighted by molar-refractivity contribution is -0.179. The van der Waals surface area contributed by atoms with Crippen molar-refractivity contribution in [3.05, 3.63) is 0 Å². The zero-order valence-corrected chi connectivity index (χ0v) is 19.9. The molecule has 0 aromatic carbocycles. The molecule has 0 bridgehead atoms. The second-order valence-electron chi connectivity index (χ2n) is 8.81. The van der Waals surface area contributed by atoms with Gasteiger partial charge in [-0.3, -0.25) is 14.2 Å². The molecule has 2 rings (SSSR count). The van der Waals surface area contributed by atoms with Gasteiger partial charge in [-0.15, -0.1) is 0 Å². The molecule has 3 atom stereocenters. The highest BCUT2D eigenvalue weighted by Crippen LogP contribution is 2.62. The summed E-state index contributed by atoms with van der Waals surface area (Å²) in [7, 11) is -3.03. The molecule has 7 nitrogen and oxygen atoms in total. The molecule has 0 aliphatic heterocycles. The van der Waals surface area contributed by atoms with E-state index in [-0.39, 0.29) is 17.9 Å². The Morgan fingerprint density at radius 2 is 1.68 bits per heavy atom. The summed E-state index contributed by atoms with van der Waals surface area (Å²) in [6.07, 6.45) is 3.86. The van der Waals surface area contributed by atoms with Crippen molar-refractivity contribution in [1.29, 1.82) is 0 Å². The summed E-state index contributed by atoms with van der Waals surface area (Å²) in [6.45, 7) is 8.30. The van der Waals surface area contributed by atoms with Crippen molar-refractivity contribution >= 4 is 27.7 Å². The van der Waals surface area contributed by atoms with E-state index in [2.05, 4.69) is 19.6 Å². The Morgan fingerprint density at radius 3 is 2.21 bits per heavy atom. The summed E-state index contributed by atoms with van der Waals surface area (Å²) in [5.41, 5.74) is -1.71. The van der Waals surface area contributed by atoms with Crippen LogP contribution in [0.4, 0.5) is 0 Å². The van der Waals surface area contributed by atoms with Crippen LogP contribution in [-0.2, 0) is 32.4 Å². The average Bonchev–Trinajstić information content (AvgIpc) is 2.95. The standard InChI is InChI=1S/C19H35O7PSi/c1-7-25-17(21)18-11-8-9-12-19(18,26-28(4,5)6)15(10-13-18)16(20)14-27(22,23-2)24-3/h15H,7-14H2,1-6H3/t15-,18+,19+/m1/s1. The number of carbonyl (C=O) groups is 2. The number of esters is 1. The molecule has 0 saturated heterocycles. The third-order valence-electron chi connectivity index (χ3n) is 6.08. The van der Waals surface area contributed by atoms with Crippen LogP contribution in [0.25, 0.3) is 0 Å². The van der Waals surface area contributed by atoms with Crippen LogP contribution >= 0.6 is 7.60 Å². The van der Waals surface area contributed by atoms with Crippen molar-refractivity contribution < 1.29 is 32.4 Å². The maximum absolute atomic E-state index is 13.3. The van der Waals surface area contributed by atoms with Crippen LogP contribution in [0, 0.1) is 11.3 Å². The van der Waals surface area contributed by atoms with Crippen LogP contribution in [0.5, 0.6) is 0 Å². The molecule has 28 heavy (non-hydrogen) atoms. The van der Waals surface area contributed by atoms with Gasteiger partial charge in [0, 0.05) is 20.1 Å². The minimum absolute atomic E-state index is 0.210. The highest BCUT2D eigenvalue weighted by Gasteiger charge is 2.68. The quantitative estimate of drug-likeness (QED) is 0.306. The first kappa shape index (κ1) is 23.7. The van der Waals surface area contributed by atoms with Gasteiger partial charge in [-0.1, -0.05) is 12.8 Å². The van der Waals surface area contributed by atoms with Crippen molar-refractivity contribution in [2.45, 2.75) is 70.7 Å². The van der Waals surface area contributed by atoms with Gasteiger partial charge < -0.3 is 18.2 Å². The molecule has 2 aliphatic carbocycles. The molecule has 0 N–H and O–H groups in total. The van der Waals surface area contributed by atoms with Crippen LogP contribution in [0.15, 0.2) is 0 Å². The van der Waals surface area contributed by atoms with Crippen LogP contribution in [0.1, 0.15) is 45.4 Å². The number of carbonyl (C=O) groups excluding carboxylic acids is 2. The van der Waals surface area contributed by atoms with Gasteiger partial charge in [-0.05, 0) is 52.2 Å². The van der Waals surface area contributed by atoms with Gasteiger partial charge in [0.15, 0.2) is 14.1 Å². The van der Waals surface area contributed by atoms with E-state index in [9.17, 15) is 14.2 Å². The molecule has 0 radical (unpaired) electrons. The number of hydrogen-bond acceptors (Lipinski definition) is 7. The molecule has 9 heteroatoms. The Balaban J connectivity index is 2.50. The Morgan fingerprint density at radius 1 is 1.07 bits per heavy atom. The number of ether oxygens (including phenoxy) is 1. The molecule has 2 saturated carbocycles. The number of ketones is 1. The summed E-state index contributed by atoms with van der Waals surface area (Å²) < 4.78 is 34.8. The van der Waals surface area contributed by atoms with Crippen LogP contribution in [0.3, 0.4) is 0 Å². The molecule has 0 heterocycles. The van der Waals surface area contributed by atoms with Crippen LogP contribution < -0.4 is 0 Å². The molecule has 2 fully saturated rings. The van der Waals surface area contributed by atoms with Crippen molar-refractivity contribution in [2.75, 3.05) is 27.0 Å². The Kier molecular flexibility index (Phi) is 7.36. The van der Waals surface area contributed by atoms with E-state index >= 15 is 0 Å². The molecule has 0 aromatic heterocycles. The summed E-state index contributed by atoms with van der Waals surface area (Å²) in [6, 6.07) is 0. The van der Waals surface area contributed by atoms with Gasteiger partial charge in [0.1, 0.15) is 6.16 Å². The Hall–Kier alpha value is -0.533. The number of fused-ring (bicyclic) bond motifs is 1. The maximum Gasteiger partial charge on any atom is 0.337 e. The maximum atomic E-state index is 13.3. The minimum atomic E-state index is -3.49. The minimum Gasteiger partial charge on any atom is -0.465 e. The third kappa shape index (κ3) is 4.31. The monoisotopic (exact) mass is 434 g/mol. The van der Waals surface area contributed by atoms with E-state index < -0.39 is 32.8 Å². The first-order chi connectivity index (χ1) is 13.0. The van der Waals surface area contributed by atoms with Gasteiger partial charge >= 0.3 is 13.6 Å². The highest BCUT2D eigenvalue weighted by molar-refractivity contribution is 7.54. The van der Waals surface area contributed by atoms with E-state index in [1.165, 1.54) is 14.2 Å². The average molecular weight is 435 g/mol. The topological polar surface area (TPSA) is 88.1 Å². The van der Waals surface area contributed by atoms with E-state index in [0.29, 0.717) is 32.3 Å². The fourth-order valence-electron chi connectivity index (χ4n) is 5.07. The summed E-state index contributed by atoms with van der Waals surface area (Å²) in [5.74, 6) is -0.981. The Labute approximate surface area is 169 Å². The van der Waals surface area contributed by atoms with Crippen LogP contribution in [0.2, 0.25) is 19.6 Å². The molecule has 162 valence electrons. The first-order valence-electron chi connectivity index (χ1n) is 10.1. The fraction of sp³-hybridized carbons (Fsp3) is 0.895. The van der Waals surface area contributed by atoms with Gasteiger partial charge in [0.2, 0.25) is 0 Å². The van der Waals surface area contributed by atoms with E-state index in [1.54, 1.807) is 6.92 Å². The van der Waals surface area contributed by atoms with Crippen molar-refractivity contribution in [3.8, 4) is 0 Å². The summed E-state index contributed by atoms with van der Waals surface area (Å²) in [4.78, 5) is 26.5. The van der Waals surface area contributed by atoms with Crippen LogP contribution in [-0.4, -0.2) is 52.7 Å². The molecular formula is C19H35O7PSi. The van der Waals surface area contributed by atoms with E-state index in [0.717, 1.165) is 12.8 Å². The molecule has 0 spiro atoms. The highest BCUT2D eigenvalue weighted by atomic mass is 31.2. The largest absolute Gasteiger partial charge is 0.465 e. The van der Waals surface area contributed by atoms with E-state index in [4.69, 9.17) is 18.2 Å². The third-order valence-corrected chi connectivity index (χ3v) is 8.87. The molecule has 0 aromatic rings. The van der Waals surface area contributed by atoms with E-state index in [1.807, 2.05) is 0 Å². The first-order valence-corrected chi connectivity index (χ1v) is 15.2. The number of rotatable bonds is 9. The Bertz CT molecular complexity index is 639. The second-order valence-corrected chi connectivity index (χ2v) is 15.5. The van der Waals surface area contributed by atoms with Gasteiger partial charge in [0.05, 0.1) is 17.6 Å². The number of Topliss-reactive ketones (excluding diaryl/α,β-unsaturated/α-hetero) is 1. The summed E-state index contributed by atoms with van der Waals surface area (Å²) >= 11 is 0. The lowest BCUT2D eigenvalue weighted by Gasteiger charge is -2.52. The second kappa shape index (κ2) is 8.68. The van der Waals surface area contributed by atoms with Gasteiger partial charge in [0.25, 0.3) is 0 Å². The van der Waals surface area contributed by atoms with Crippen molar-refractivity contribution in [1.82, 2.24) is 0 Å². The lowest BCUT2D eigenvalue weighted by atomic mass is 9.62.